The van der Waals surface area contributed by atoms with Crippen LogP contribution in [0.2, 0.25) is 0 Å². The molecule has 3 rings (SSSR count). The second-order valence-electron chi connectivity index (χ2n) is 5.84. The molecule has 2 aromatic rings. The van der Waals surface area contributed by atoms with Crippen LogP contribution in [0.3, 0.4) is 0 Å². The maximum atomic E-state index is 12.8. The number of para-hydroxylation sites is 1. The minimum Gasteiger partial charge on any atom is -0.382 e. The van der Waals surface area contributed by atoms with Crippen LogP contribution in [0.15, 0.2) is 24.3 Å². The molecule has 6 nitrogen and oxygen atoms in total. The highest BCUT2D eigenvalue weighted by Gasteiger charge is 2.26. The third kappa shape index (κ3) is 3.38. The number of amides is 1. The monoisotopic (exact) mass is 317 g/mol. The Kier molecular flexibility index (Phi) is 4.93. The van der Waals surface area contributed by atoms with Gasteiger partial charge in [-0.25, -0.2) is 0 Å². The highest BCUT2D eigenvalue weighted by atomic mass is 16.5. The van der Waals surface area contributed by atoms with Gasteiger partial charge in [-0.2, -0.15) is 5.10 Å². The lowest BCUT2D eigenvalue weighted by atomic mass is 10.1. The number of likely N-dealkylation sites (tertiary alicyclic amines) is 1. The first kappa shape index (κ1) is 16.0. The van der Waals surface area contributed by atoms with Crippen molar-refractivity contribution in [3.05, 3.63) is 30.0 Å². The van der Waals surface area contributed by atoms with Gasteiger partial charge in [0.25, 0.3) is 5.91 Å². The molecule has 0 N–H and O–H groups in total. The van der Waals surface area contributed by atoms with E-state index in [9.17, 15) is 4.79 Å². The zero-order valence-electron chi connectivity index (χ0n) is 13.7. The van der Waals surface area contributed by atoms with Crippen molar-refractivity contribution >= 4 is 16.8 Å². The Morgan fingerprint density at radius 3 is 2.74 bits per heavy atom. The number of piperidine rings is 1. The van der Waals surface area contributed by atoms with Gasteiger partial charge in [0.2, 0.25) is 0 Å². The summed E-state index contributed by atoms with van der Waals surface area (Å²) in [4.78, 5) is 14.7. The molecular weight excluding hydrogens is 294 g/mol. The van der Waals surface area contributed by atoms with E-state index in [4.69, 9.17) is 9.47 Å². The molecule has 124 valence electrons. The van der Waals surface area contributed by atoms with Crippen molar-refractivity contribution in [2.75, 3.05) is 33.4 Å². The zero-order valence-corrected chi connectivity index (χ0v) is 13.7. The normalized spacial score (nSPS) is 16.2. The average molecular weight is 317 g/mol. The van der Waals surface area contributed by atoms with Crippen LogP contribution in [0.1, 0.15) is 23.3 Å². The number of aromatic nitrogens is 2. The van der Waals surface area contributed by atoms with Crippen LogP contribution in [0.4, 0.5) is 0 Å². The Balaban J connectivity index is 1.65. The molecule has 1 fully saturated rings. The van der Waals surface area contributed by atoms with Gasteiger partial charge in [-0.1, -0.05) is 18.2 Å². The highest BCUT2D eigenvalue weighted by molar-refractivity contribution is 6.04. The Bertz CT molecular complexity index is 675. The van der Waals surface area contributed by atoms with Crippen LogP contribution in [-0.2, 0) is 16.5 Å². The summed E-state index contributed by atoms with van der Waals surface area (Å²) in [6, 6.07) is 7.84. The lowest BCUT2D eigenvalue weighted by Crippen LogP contribution is -2.41. The van der Waals surface area contributed by atoms with Gasteiger partial charge >= 0.3 is 0 Å². The second-order valence-corrected chi connectivity index (χ2v) is 5.84. The Hall–Kier alpha value is -1.92. The van der Waals surface area contributed by atoms with Gasteiger partial charge < -0.3 is 14.4 Å². The quantitative estimate of drug-likeness (QED) is 0.790. The van der Waals surface area contributed by atoms with Crippen LogP contribution in [0, 0.1) is 0 Å². The number of rotatable bonds is 5. The first-order valence-corrected chi connectivity index (χ1v) is 8.02. The number of carbonyl (C=O) groups excluding carboxylic acids is 1. The topological polar surface area (TPSA) is 56.6 Å². The molecule has 1 aliphatic heterocycles. The number of methoxy groups -OCH3 is 1. The van der Waals surface area contributed by atoms with E-state index in [1.54, 1.807) is 11.8 Å². The third-order valence-corrected chi connectivity index (χ3v) is 4.33. The van der Waals surface area contributed by atoms with E-state index in [1.165, 1.54) is 0 Å². The molecule has 0 bridgehead atoms. The molecule has 1 aromatic heterocycles. The van der Waals surface area contributed by atoms with Crippen molar-refractivity contribution in [2.45, 2.75) is 18.9 Å². The van der Waals surface area contributed by atoms with Crippen LogP contribution in [0.25, 0.3) is 10.9 Å². The highest BCUT2D eigenvalue weighted by Crippen LogP contribution is 2.21. The minimum atomic E-state index is 0.0112. The van der Waals surface area contributed by atoms with Gasteiger partial charge in [-0.15, -0.1) is 0 Å². The van der Waals surface area contributed by atoms with E-state index in [2.05, 4.69) is 5.10 Å². The van der Waals surface area contributed by atoms with Crippen molar-refractivity contribution in [3.8, 4) is 0 Å². The van der Waals surface area contributed by atoms with E-state index < -0.39 is 0 Å². The molecule has 0 radical (unpaired) electrons. The smallest absolute Gasteiger partial charge is 0.275 e. The lowest BCUT2D eigenvalue weighted by Gasteiger charge is -2.31. The van der Waals surface area contributed by atoms with Crippen LogP contribution in [0.5, 0.6) is 0 Å². The van der Waals surface area contributed by atoms with E-state index in [0.717, 1.165) is 23.7 Å². The first-order chi connectivity index (χ1) is 11.2. The summed E-state index contributed by atoms with van der Waals surface area (Å²) in [6.07, 6.45) is 1.94. The Morgan fingerprint density at radius 2 is 2.00 bits per heavy atom. The lowest BCUT2D eigenvalue weighted by molar-refractivity contribution is -0.0123. The number of benzene rings is 1. The number of ether oxygens (including phenoxy) is 2. The second kappa shape index (κ2) is 7.10. The number of nitrogens with zero attached hydrogens (tertiary/aromatic N) is 3. The standard InChI is InChI=1S/C17H23N3O3/c1-19-15-6-4-3-5-14(15)16(18-19)17(21)20-9-7-13(8-10-20)23-12-11-22-2/h3-6,13H,7-12H2,1-2H3. The van der Waals surface area contributed by atoms with E-state index >= 15 is 0 Å². The van der Waals surface area contributed by atoms with Gasteiger partial charge in [0.05, 0.1) is 24.8 Å². The zero-order chi connectivity index (χ0) is 16.2. The summed E-state index contributed by atoms with van der Waals surface area (Å²) in [6.45, 7) is 2.64. The molecule has 0 saturated carbocycles. The van der Waals surface area contributed by atoms with Crippen LogP contribution in [-0.4, -0.2) is 60.1 Å². The van der Waals surface area contributed by atoms with Crippen molar-refractivity contribution in [2.24, 2.45) is 7.05 Å². The van der Waals surface area contributed by atoms with E-state index in [0.29, 0.717) is 32.0 Å². The molecule has 0 aliphatic carbocycles. The van der Waals surface area contributed by atoms with Gasteiger partial charge in [-0.3, -0.25) is 9.48 Å². The van der Waals surface area contributed by atoms with Crippen molar-refractivity contribution in [1.82, 2.24) is 14.7 Å². The molecule has 2 heterocycles. The summed E-state index contributed by atoms with van der Waals surface area (Å²) in [5.74, 6) is 0.0112. The molecule has 1 aliphatic rings. The predicted octanol–water partition coefficient (Wildman–Crippen LogP) is 1.84. The van der Waals surface area contributed by atoms with Crippen molar-refractivity contribution in [3.63, 3.8) is 0 Å². The maximum absolute atomic E-state index is 12.8. The predicted molar refractivity (Wildman–Crippen MR) is 87.5 cm³/mol. The SMILES string of the molecule is COCCOC1CCN(C(=O)c2nn(C)c3ccccc23)CC1. The van der Waals surface area contributed by atoms with Gasteiger partial charge in [0, 0.05) is 32.6 Å². The largest absolute Gasteiger partial charge is 0.382 e. The molecule has 0 atom stereocenters. The fourth-order valence-electron chi connectivity index (χ4n) is 3.05. The summed E-state index contributed by atoms with van der Waals surface area (Å²) in [7, 11) is 3.54. The van der Waals surface area contributed by atoms with Gasteiger partial charge in [0.15, 0.2) is 5.69 Å². The maximum Gasteiger partial charge on any atom is 0.275 e. The third-order valence-electron chi connectivity index (χ3n) is 4.33. The number of hydrogen-bond acceptors (Lipinski definition) is 4. The molecule has 1 amide bonds. The Labute approximate surface area is 136 Å². The number of aryl methyl sites for hydroxylation is 1. The Morgan fingerprint density at radius 1 is 1.26 bits per heavy atom. The summed E-state index contributed by atoms with van der Waals surface area (Å²) in [5, 5.41) is 5.34. The molecule has 6 heteroatoms. The van der Waals surface area contributed by atoms with E-state index in [-0.39, 0.29) is 12.0 Å². The van der Waals surface area contributed by atoms with Crippen molar-refractivity contribution < 1.29 is 14.3 Å². The summed E-state index contributed by atoms with van der Waals surface area (Å²) < 4.78 is 12.5. The number of fused-ring (bicyclic) bond motifs is 1. The van der Waals surface area contributed by atoms with E-state index in [1.807, 2.05) is 36.2 Å². The van der Waals surface area contributed by atoms with Gasteiger partial charge in [-0.05, 0) is 18.9 Å². The van der Waals surface area contributed by atoms with Crippen molar-refractivity contribution in [1.29, 1.82) is 0 Å². The summed E-state index contributed by atoms with van der Waals surface area (Å²) >= 11 is 0. The fourth-order valence-corrected chi connectivity index (χ4v) is 3.05. The number of carbonyl (C=O) groups is 1. The summed E-state index contributed by atoms with van der Waals surface area (Å²) in [5.41, 5.74) is 1.52. The molecular formula is C17H23N3O3. The first-order valence-electron chi connectivity index (χ1n) is 8.02. The minimum absolute atomic E-state index is 0.0112. The molecule has 1 saturated heterocycles. The van der Waals surface area contributed by atoms with Crippen LogP contribution < -0.4 is 0 Å². The molecule has 1 aromatic carbocycles. The van der Waals surface area contributed by atoms with Gasteiger partial charge in [0.1, 0.15) is 0 Å². The fraction of sp³-hybridized carbons (Fsp3) is 0.529. The van der Waals surface area contributed by atoms with Crippen LogP contribution >= 0.6 is 0 Å². The molecule has 0 unspecified atom stereocenters. The molecule has 23 heavy (non-hydrogen) atoms. The molecule has 0 spiro atoms. The average Bonchev–Trinajstić information content (AvgIpc) is 2.93. The number of hydrogen-bond donors (Lipinski definition) is 0.